The van der Waals surface area contributed by atoms with E-state index in [0.717, 1.165) is 48.4 Å². The quantitative estimate of drug-likeness (QED) is 0.899. The Morgan fingerprint density at radius 3 is 2.37 bits per heavy atom. The molecule has 1 fully saturated rings. The normalized spacial score (nSPS) is 14.8. The van der Waals surface area contributed by atoms with Crippen LogP contribution in [0.5, 0.6) is 5.75 Å². The Hall–Kier alpha value is -1.55. The van der Waals surface area contributed by atoms with Gasteiger partial charge in [-0.05, 0) is 43.4 Å². The van der Waals surface area contributed by atoms with E-state index >= 15 is 0 Å². The Labute approximate surface area is 114 Å². The number of rotatable bonds is 4. The first-order valence-electron chi connectivity index (χ1n) is 6.82. The van der Waals surface area contributed by atoms with E-state index < -0.39 is 0 Å². The van der Waals surface area contributed by atoms with E-state index in [1.54, 1.807) is 0 Å². The third-order valence-corrected chi connectivity index (χ3v) is 3.55. The Morgan fingerprint density at radius 2 is 1.84 bits per heavy atom. The molecule has 104 valence electrons. The molecule has 2 rings (SSSR count). The molecule has 0 bridgehead atoms. The van der Waals surface area contributed by atoms with Crippen LogP contribution in [0.1, 0.15) is 29.5 Å². The lowest BCUT2D eigenvalue weighted by Crippen LogP contribution is -2.32. The highest BCUT2D eigenvalue weighted by atomic mass is 16.5. The van der Waals surface area contributed by atoms with E-state index in [2.05, 4.69) is 0 Å². The molecule has 0 radical (unpaired) electrons. The molecule has 0 aromatic heterocycles. The van der Waals surface area contributed by atoms with Gasteiger partial charge in [0.1, 0.15) is 5.75 Å². The molecule has 4 heteroatoms. The van der Waals surface area contributed by atoms with Crippen molar-refractivity contribution in [2.24, 2.45) is 5.73 Å². The maximum atomic E-state index is 11.9. The van der Waals surface area contributed by atoms with E-state index in [4.69, 9.17) is 10.5 Å². The maximum Gasteiger partial charge on any atom is 0.260 e. The number of nitrogens with zero attached hydrogens (tertiary/aromatic N) is 1. The molecule has 0 unspecified atom stereocenters. The average molecular weight is 262 g/mol. The third kappa shape index (κ3) is 3.26. The molecule has 0 saturated carbocycles. The van der Waals surface area contributed by atoms with Crippen LogP contribution in [-0.2, 0) is 11.3 Å². The van der Waals surface area contributed by atoms with Gasteiger partial charge in [-0.3, -0.25) is 4.79 Å². The molecule has 1 aliphatic heterocycles. The fraction of sp³-hybridized carbons (Fsp3) is 0.533. The van der Waals surface area contributed by atoms with E-state index in [-0.39, 0.29) is 12.5 Å². The molecule has 1 amide bonds. The minimum absolute atomic E-state index is 0.0826. The van der Waals surface area contributed by atoms with Crippen molar-refractivity contribution in [1.82, 2.24) is 4.90 Å². The number of ether oxygens (including phenoxy) is 1. The topological polar surface area (TPSA) is 55.6 Å². The molecule has 1 aromatic carbocycles. The summed E-state index contributed by atoms with van der Waals surface area (Å²) in [7, 11) is 0. The number of aryl methyl sites for hydroxylation is 2. The van der Waals surface area contributed by atoms with Gasteiger partial charge in [0.05, 0.1) is 0 Å². The summed E-state index contributed by atoms with van der Waals surface area (Å²) in [5.74, 6) is 0.893. The molecular weight excluding hydrogens is 240 g/mol. The van der Waals surface area contributed by atoms with E-state index in [9.17, 15) is 4.79 Å². The molecule has 1 heterocycles. The first-order valence-corrected chi connectivity index (χ1v) is 6.82. The zero-order valence-corrected chi connectivity index (χ0v) is 11.7. The first-order chi connectivity index (χ1) is 9.11. The second-order valence-electron chi connectivity index (χ2n) is 5.14. The summed E-state index contributed by atoms with van der Waals surface area (Å²) in [6, 6.07) is 4.03. The van der Waals surface area contributed by atoms with Crippen molar-refractivity contribution >= 4 is 5.91 Å². The predicted octanol–water partition coefficient (Wildman–Crippen LogP) is 1.76. The molecule has 1 saturated heterocycles. The van der Waals surface area contributed by atoms with Crippen LogP contribution in [-0.4, -0.2) is 30.5 Å². The zero-order chi connectivity index (χ0) is 13.8. The van der Waals surface area contributed by atoms with Crippen LogP contribution in [0.2, 0.25) is 0 Å². The summed E-state index contributed by atoms with van der Waals surface area (Å²) in [4.78, 5) is 13.8. The van der Waals surface area contributed by atoms with Crippen LogP contribution >= 0.6 is 0 Å². The number of nitrogens with two attached hydrogens (primary N) is 1. The lowest BCUT2D eigenvalue weighted by molar-refractivity contribution is -0.132. The Kier molecular flexibility index (Phi) is 4.43. The summed E-state index contributed by atoms with van der Waals surface area (Å²) < 4.78 is 5.71. The van der Waals surface area contributed by atoms with Crippen molar-refractivity contribution in [2.75, 3.05) is 19.7 Å². The van der Waals surface area contributed by atoms with Gasteiger partial charge in [-0.15, -0.1) is 0 Å². The third-order valence-electron chi connectivity index (χ3n) is 3.55. The molecule has 0 spiro atoms. The number of carbonyl (C=O) groups is 1. The fourth-order valence-corrected chi connectivity index (χ4v) is 2.58. The van der Waals surface area contributed by atoms with Crippen LogP contribution in [0.4, 0.5) is 0 Å². The van der Waals surface area contributed by atoms with Gasteiger partial charge in [0, 0.05) is 19.6 Å². The minimum atomic E-state index is 0.0826. The summed E-state index contributed by atoms with van der Waals surface area (Å²) in [6.45, 7) is 6.36. The second-order valence-corrected chi connectivity index (χ2v) is 5.14. The highest BCUT2D eigenvalue weighted by molar-refractivity contribution is 5.78. The van der Waals surface area contributed by atoms with Crippen molar-refractivity contribution in [3.8, 4) is 5.75 Å². The summed E-state index contributed by atoms with van der Waals surface area (Å²) in [6.07, 6.45) is 2.21. The largest absolute Gasteiger partial charge is 0.483 e. The smallest absolute Gasteiger partial charge is 0.260 e. The van der Waals surface area contributed by atoms with Crippen LogP contribution < -0.4 is 10.5 Å². The fourth-order valence-electron chi connectivity index (χ4n) is 2.58. The first kappa shape index (κ1) is 13.9. The highest BCUT2D eigenvalue weighted by Crippen LogP contribution is 2.24. The number of benzene rings is 1. The van der Waals surface area contributed by atoms with E-state index in [0.29, 0.717) is 6.54 Å². The highest BCUT2D eigenvalue weighted by Gasteiger charge is 2.18. The van der Waals surface area contributed by atoms with Crippen molar-refractivity contribution in [1.29, 1.82) is 0 Å². The molecular formula is C15H22N2O2. The molecule has 0 atom stereocenters. The van der Waals surface area contributed by atoms with Gasteiger partial charge in [0.2, 0.25) is 0 Å². The van der Waals surface area contributed by atoms with Crippen LogP contribution in [0, 0.1) is 13.8 Å². The van der Waals surface area contributed by atoms with Crippen molar-refractivity contribution in [2.45, 2.75) is 33.2 Å². The number of likely N-dealkylation sites (tertiary alicyclic amines) is 1. The maximum absolute atomic E-state index is 11.9. The van der Waals surface area contributed by atoms with Gasteiger partial charge in [-0.25, -0.2) is 0 Å². The van der Waals surface area contributed by atoms with Crippen LogP contribution in [0.25, 0.3) is 0 Å². The average Bonchev–Trinajstić information content (AvgIpc) is 2.91. The standard InChI is InChI=1S/C15H22N2O2/c1-11-7-13(9-16)8-12(2)15(11)19-10-14(18)17-5-3-4-6-17/h7-8H,3-6,9-10,16H2,1-2H3. The van der Waals surface area contributed by atoms with Gasteiger partial charge in [-0.1, -0.05) is 12.1 Å². The Bertz CT molecular complexity index is 442. The molecule has 4 nitrogen and oxygen atoms in total. The van der Waals surface area contributed by atoms with E-state index in [1.807, 2.05) is 30.9 Å². The number of hydrogen-bond acceptors (Lipinski definition) is 3. The molecule has 1 aromatic rings. The lowest BCUT2D eigenvalue weighted by atomic mass is 10.1. The Morgan fingerprint density at radius 1 is 1.26 bits per heavy atom. The van der Waals surface area contributed by atoms with Crippen LogP contribution in [0.3, 0.4) is 0 Å². The second kappa shape index (κ2) is 6.06. The zero-order valence-electron chi connectivity index (χ0n) is 11.7. The minimum Gasteiger partial charge on any atom is -0.483 e. The monoisotopic (exact) mass is 262 g/mol. The van der Waals surface area contributed by atoms with E-state index in [1.165, 1.54) is 0 Å². The summed E-state index contributed by atoms with van der Waals surface area (Å²) in [5, 5.41) is 0. The van der Waals surface area contributed by atoms with Gasteiger partial charge in [0.15, 0.2) is 6.61 Å². The number of amides is 1. The molecule has 1 aliphatic rings. The van der Waals surface area contributed by atoms with Crippen molar-refractivity contribution in [3.05, 3.63) is 28.8 Å². The van der Waals surface area contributed by atoms with Gasteiger partial charge in [0.25, 0.3) is 5.91 Å². The molecule has 19 heavy (non-hydrogen) atoms. The van der Waals surface area contributed by atoms with Gasteiger partial charge in [-0.2, -0.15) is 0 Å². The van der Waals surface area contributed by atoms with Gasteiger partial charge < -0.3 is 15.4 Å². The number of carbonyl (C=O) groups excluding carboxylic acids is 1. The molecule has 2 N–H and O–H groups in total. The Balaban J connectivity index is 2.01. The van der Waals surface area contributed by atoms with Gasteiger partial charge >= 0.3 is 0 Å². The SMILES string of the molecule is Cc1cc(CN)cc(C)c1OCC(=O)N1CCCC1. The predicted molar refractivity (Wildman–Crippen MR) is 75.1 cm³/mol. The summed E-state index contributed by atoms with van der Waals surface area (Å²) in [5.41, 5.74) is 8.81. The number of hydrogen-bond donors (Lipinski definition) is 1. The molecule has 0 aliphatic carbocycles. The lowest BCUT2D eigenvalue weighted by Gasteiger charge is -2.17. The summed E-state index contributed by atoms with van der Waals surface area (Å²) >= 11 is 0. The van der Waals surface area contributed by atoms with Crippen molar-refractivity contribution < 1.29 is 9.53 Å². The van der Waals surface area contributed by atoms with Crippen molar-refractivity contribution in [3.63, 3.8) is 0 Å². The van der Waals surface area contributed by atoms with Crippen LogP contribution in [0.15, 0.2) is 12.1 Å².